The van der Waals surface area contributed by atoms with E-state index in [4.69, 9.17) is 0 Å². The van der Waals surface area contributed by atoms with Crippen LogP contribution in [0, 0.1) is 5.92 Å². The first kappa shape index (κ1) is 14.0. The van der Waals surface area contributed by atoms with Gasteiger partial charge in [-0.3, -0.25) is 0 Å². The fourth-order valence-corrected chi connectivity index (χ4v) is 3.26. The van der Waals surface area contributed by atoms with Crippen LogP contribution < -0.4 is 5.32 Å². The summed E-state index contributed by atoms with van der Waals surface area (Å²) in [6.07, 6.45) is 6.14. The summed E-state index contributed by atoms with van der Waals surface area (Å²) in [4.78, 5) is 0. The van der Waals surface area contributed by atoms with Crippen molar-refractivity contribution >= 4 is 9.84 Å². The van der Waals surface area contributed by atoms with Crippen LogP contribution in [0.15, 0.2) is 0 Å². The van der Waals surface area contributed by atoms with E-state index in [1.807, 2.05) is 0 Å². The fraction of sp³-hybridized carbons (Fsp3) is 1.00. The zero-order valence-corrected chi connectivity index (χ0v) is 11.4. The third kappa shape index (κ3) is 4.83. The lowest BCUT2D eigenvalue weighted by Crippen LogP contribution is -2.33. The average Bonchev–Trinajstić information content (AvgIpc) is 2.77. The van der Waals surface area contributed by atoms with Gasteiger partial charge >= 0.3 is 0 Å². The summed E-state index contributed by atoms with van der Waals surface area (Å²) >= 11 is 0. The van der Waals surface area contributed by atoms with E-state index in [9.17, 15) is 8.42 Å². The summed E-state index contributed by atoms with van der Waals surface area (Å²) < 4.78 is 22.5. The van der Waals surface area contributed by atoms with Crippen molar-refractivity contribution in [2.45, 2.75) is 52.0 Å². The molecule has 1 rings (SSSR count). The van der Waals surface area contributed by atoms with E-state index in [2.05, 4.69) is 12.2 Å². The van der Waals surface area contributed by atoms with Crippen molar-refractivity contribution in [1.29, 1.82) is 0 Å². The molecule has 0 saturated heterocycles. The molecule has 1 saturated carbocycles. The highest BCUT2D eigenvalue weighted by Gasteiger charge is 2.20. The summed E-state index contributed by atoms with van der Waals surface area (Å²) in [7, 11) is -2.78. The topological polar surface area (TPSA) is 46.2 Å². The number of nitrogens with one attached hydrogen (secondary N) is 1. The summed E-state index contributed by atoms with van der Waals surface area (Å²) in [5, 5.41) is 3.46. The van der Waals surface area contributed by atoms with Gasteiger partial charge in [0.05, 0.1) is 5.75 Å². The molecule has 4 heteroatoms. The average molecular weight is 247 g/mol. The molecule has 0 aromatic rings. The third-order valence-electron chi connectivity index (χ3n) is 3.65. The van der Waals surface area contributed by atoms with Crippen LogP contribution in [-0.4, -0.2) is 32.5 Å². The van der Waals surface area contributed by atoms with Gasteiger partial charge < -0.3 is 5.32 Å². The molecule has 0 unspecified atom stereocenters. The van der Waals surface area contributed by atoms with Crippen LogP contribution in [-0.2, 0) is 9.84 Å². The molecular formula is C12H25NO2S. The van der Waals surface area contributed by atoms with Gasteiger partial charge in [-0.05, 0) is 38.6 Å². The predicted molar refractivity (Wildman–Crippen MR) is 68.4 cm³/mol. The first-order valence-electron chi connectivity index (χ1n) is 6.49. The first-order valence-corrected chi connectivity index (χ1v) is 8.31. The molecule has 1 N–H and O–H groups in total. The Morgan fingerprint density at radius 2 is 1.94 bits per heavy atom. The Hall–Kier alpha value is -0.0900. The van der Waals surface area contributed by atoms with Gasteiger partial charge in [0.15, 0.2) is 0 Å². The Labute approximate surface area is 99.9 Å². The summed E-state index contributed by atoms with van der Waals surface area (Å²) in [5.74, 6) is 1.40. The van der Waals surface area contributed by atoms with Gasteiger partial charge in [0, 0.05) is 11.8 Å². The van der Waals surface area contributed by atoms with Crippen molar-refractivity contribution in [3.63, 3.8) is 0 Å². The largest absolute Gasteiger partial charge is 0.314 e. The van der Waals surface area contributed by atoms with Gasteiger partial charge in [0.2, 0.25) is 0 Å². The molecule has 0 spiro atoms. The van der Waals surface area contributed by atoms with E-state index < -0.39 is 9.84 Å². The molecule has 0 amide bonds. The van der Waals surface area contributed by atoms with E-state index in [0.717, 1.165) is 18.9 Å². The molecule has 0 bridgehead atoms. The molecule has 1 fully saturated rings. The van der Waals surface area contributed by atoms with E-state index >= 15 is 0 Å². The van der Waals surface area contributed by atoms with E-state index in [0.29, 0.717) is 11.8 Å². The minimum atomic E-state index is -2.78. The van der Waals surface area contributed by atoms with Gasteiger partial charge in [-0.2, -0.15) is 0 Å². The van der Waals surface area contributed by atoms with Crippen molar-refractivity contribution in [2.24, 2.45) is 5.92 Å². The Morgan fingerprint density at radius 1 is 1.31 bits per heavy atom. The highest BCUT2D eigenvalue weighted by Crippen LogP contribution is 2.27. The molecule has 1 atom stereocenters. The van der Waals surface area contributed by atoms with Crippen LogP contribution in [0.4, 0.5) is 0 Å². The maximum atomic E-state index is 11.3. The molecule has 16 heavy (non-hydrogen) atoms. The first-order chi connectivity index (χ1) is 7.55. The summed E-state index contributed by atoms with van der Waals surface area (Å²) in [6, 6.07) is 0.548. The second-order valence-electron chi connectivity index (χ2n) is 4.88. The maximum Gasteiger partial charge on any atom is 0.150 e. The Bertz CT molecular complexity index is 281. The normalized spacial score (nSPS) is 20.1. The van der Waals surface area contributed by atoms with Crippen LogP contribution in [0.3, 0.4) is 0 Å². The van der Waals surface area contributed by atoms with Crippen molar-refractivity contribution < 1.29 is 8.42 Å². The van der Waals surface area contributed by atoms with Crippen LogP contribution in [0.1, 0.15) is 46.0 Å². The van der Waals surface area contributed by atoms with Crippen molar-refractivity contribution in [3.05, 3.63) is 0 Å². The molecule has 0 radical (unpaired) electrons. The van der Waals surface area contributed by atoms with Gasteiger partial charge in [-0.15, -0.1) is 0 Å². The smallest absolute Gasteiger partial charge is 0.150 e. The summed E-state index contributed by atoms with van der Waals surface area (Å²) in [5.41, 5.74) is 0. The zero-order valence-electron chi connectivity index (χ0n) is 10.5. The van der Waals surface area contributed by atoms with Gasteiger partial charge in [0.25, 0.3) is 0 Å². The Morgan fingerprint density at radius 3 is 2.50 bits per heavy atom. The number of hydrogen-bond donors (Lipinski definition) is 1. The molecular weight excluding hydrogens is 222 g/mol. The van der Waals surface area contributed by atoms with Crippen LogP contribution >= 0.6 is 0 Å². The molecule has 0 aromatic carbocycles. The lowest BCUT2D eigenvalue weighted by Gasteiger charge is -2.20. The SMILES string of the molecule is CCS(=O)(=O)CCCN[C@@H](C)C1CCCC1. The van der Waals surface area contributed by atoms with Gasteiger partial charge in [-0.25, -0.2) is 8.42 Å². The Kier molecular flexibility index (Phi) is 5.76. The molecule has 0 aliphatic heterocycles. The number of sulfone groups is 1. The van der Waals surface area contributed by atoms with Crippen LogP contribution in [0.2, 0.25) is 0 Å². The molecule has 1 aliphatic carbocycles. The maximum absolute atomic E-state index is 11.3. The van der Waals surface area contributed by atoms with Crippen LogP contribution in [0.25, 0.3) is 0 Å². The molecule has 3 nitrogen and oxygen atoms in total. The molecule has 0 heterocycles. The third-order valence-corrected chi connectivity index (χ3v) is 5.44. The highest BCUT2D eigenvalue weighted by atomic mass is 32.2. The lowest BCUT2D eigenvalue weighted by atomic mass is 10.00. The molecule has 0 aromatic heterocycles. The minimum Gasteiger partial charge on any atom is -0.314 e. The van der Waals surface area contributed by atoms with Crippen molar-refractivity contribution in [1.82, 2.24) is 5.32 Å². The predicted octanol–water partition coefficient (Wildman–Crippen LogP) is 1.98. The number of rotatable bonds is 7. The van der Waals surface area contributed by atoms with E-state index in [1.165, 1.54) is 25.7 Å². The summed E-state index contributed by atoms with van der Waals surface area (Å²) in [6.45, 7) is 4.77. The van der Waals surface area contributed by atoms with Gasteiger partial charge in [0.1, 0.15) is 9.84 Å². The van der Waals surface area contributed by atoms with E-state index in [1.54, 1.807) is 6.92 Å². The van der Waals surface area contributed by atoms with Crippen LogP contribution in [0.5, 0.6) is 0 Å². The van der Waals surface area contributed by atoms with Gasteiger partial charge in [-0.1, -0.05) is 19.8 Å². The zero-order chi connectivity index (χ0) is 12.0. The molecule has 96 valence electrons. The Balaban J connectivity index is 2.11. The lowest BCUT2D eigenvalue weighted by molar-refractivity contribution is 0.382. The van der Waals surface area contributed by atoms with Crippen molar-refractivity contribution in [3.8, 4) is 0 Å². The standard InChI is InChI=1S/C12H25NO2S/c1-3-16(14,15)10-6-9-13-11(2)12-7-4-5-8-12/h11-13H,3-10H2,1-2H3/t11-/m0/s1. The second kappa shape index (κ2) is 6.60. The highest BCUT2D eigenvalue weighted by molar-refractivity contribution is 7.91. The van der Waals surface area contributed by atoms with E-state index in [-0.39, 0.29) is 5.75 Å². The fourth-order valence-electron chi connectivity index (χ4n) is 2.39. The van der Waals surface area contributed by atoms with Crippen molar-refractivity contribution in [2.75, 3.05) is 18.1 Å². The molecule has 1 aliphatic rings. The number of hydrogen-bond acceptors (Lipinski definition) is 3. The monoisotopic (exact) mass is 247 g/mol. The quantitative estimate of drug-likeness (QED) is 0.700. The minimum absolute atomic E-state index is 0.269. The second-order valence-corrected chi connectivity index (χ2v) is 7.35.